The molecule has 0 aliphatic rings. The second kappa shape index (κ2) is 22.4. The molecule has 0 saturated carbocycles. The van der Waals surface area contributed by atoms with Gasteiger partial charge in [0.2, 0.25) is 0 Å². The number of rotatable bonds is 2. The van der Waals surface area contributed by atoms with Crippen molar-refractivity contribution in [3.63, 3.8) is 0 Å². The number of hydrogen-bond acceptors (Lipinski definition) is 2. The molecule has 76 valence electrons. The fourth-order valence-electron chi connectivity index (χ4n) is 0.167. The van der Waals surface area contributed by atoms with E-state index >= 15 is 0 Å². The summed E-state index contributed by atoms with van der Waals surface area (Å²) in [6.45, 7) is 8.16. The molecule has 1 atom stereocenters. The van der Waals surface area contributed by atoms with Crippen LogP contribution in [0.1, 0.15) is 34.1 Å². The predicted molar refractivity (Wildman–Crippen MR) is 55.4 cm³/mol. The van der Waals surface area contributed by atoms with Gasteiger partial charge in [-0.25, -0.2) is 0 Å². The van der Waals surface area contributed by atoms with E-state index in [9.17, 15) is 0 Å². The van der Waals surface area contributed by atoms with Crippen molar-refractivity contribution in [1.29, 1.82) is 0 Å². The number of hydrogen-bond donors (Lipinski definition) is 1. The van der Waals surface area contributed by atoms with Crippen molar-refractivity contribution < 1.29 is 9.84 Å². The van der Waals surface area contributed by atoms with Gasteiger partial charge in [-0.1, -0.05) is 19.1 Å². The summed E-state index contributed by atoms with van der Waals surface area (Å²) in [4.78, 5) is 0. The Morgan fingerprint density at radius 3 is 1.58 bits per heavy atom. The molecule has 2 nitrogen and oxygen atoms in total. The van der Waals surface area contributed by atoms with E-state index in [0.717, 1.165) is 13.5 Å². The highest BCUT2D eigenvalue weighted by Gasteiger charge is 1.88. The van der Waals surface area contributed by atoms with Gasteiger partial charge in [0.25, 0.3) is 0 Å². The average Bonchev–Trinajstić information content (AvgIpc) is 2.20. The second-order valence-corrected chi connectivity index (χ2v) is 2.12. The maximum atomic E-state index is 7.00. The normalized spacial score (nSPS) is 10.9. The summed E-state index contributed by atoms with van der Waals surface area (Å²) in [5.41, 5.74) is 0. The molecule has 12 heavy (non-hydrogen) atoms. The lowest BCUT2D eigenvalue weighted by atomic mass is 10.3. The van der Waals surface area contributed by atoms with Gasteiger partial charge < -0.3 is 9.84 Å². The molecule has 0 bridgehead atoms. The fourth-order valence-corrected chi connectivity index (χ4v) is 0.167. The Morgan fingerprint density at radius 1 is 1.25 bits per heavy atom. The number of aliphatic hydroxyl groups excluding tert-OH is 1. The molecule has 2 heteroatoms. The molecule has 0 rings (SSSR count). The molecule has 0 amide bonds. The van der Waals surface area contributed by atoms with Crippen LogP contribution in [0.2, 0.25) is 0 Å². The molecule has 0 aromatic rings. The molecule has 0 spiro atoms. The zero-order chi connectivity index (χ0) is 10.4. The molecule has 0 heterocycles. The van der Waals surface area contributed by atoms with Crippen LogP contribution < -0.4 is 0 Å². The van der Waals surface area contributed by atoms with E-state index in [1.165, 1.54) is 0 Å². The van der Waals surface area contributed by atoms with E-state index in [1.807, 2.05) is 26.0 Å². The monoisotopic (exact) mass is 176 g/mol. The standard InChI is InChI=1S/C5H12O.C4H8.CH4O/c1-4-5(2)6-3;1-3-4-2;1-2/h5H,4H2,1-3H3;3-4H,1-2H3;2H,1H3. The van der Waals surface area contributed by atoms with E-state index in [2.05, 4.69) is 13.8 Å². The van der Waals surface area contributed by atoms with Crippen molar-refractivity contribution >= 4 is 0 Å². The number of allylic oxidation sites excluding steroid dienone is 2. The lowest BCUT2D eigenvalue weighted by molar-refractivity contribution is 0.115. The molecule has 0 aliphatic carbocycles. The first-order chi connectivity index (χ1) is 5.72. The van der Waals surface area contributed by atoms with Crippen LogP contribution in [0.25, 0.3) is 0 Å². The Bertz CT molecular complexity index is 62.2. The third-order valence-electron chi connectivity index (χ3n) is 1.31. The van der Waals surface area contributed by atoms with Crippen molar-refractivity contribution in [3.8, 4) is 0 Å². The van der Waals surface area contributed by atoms with Crippen molar-refractivity contribution in [3.05, 3.63) is 12.2 Å². The molecular formula is C10H24O2. The van der Waals surface area contributed by atoms with Gasteiger partial charge in [-0.05, 0) is 27.2 Å². The summed E-state index contributed by atoms with van der Waals surface area (Å²) in [7, 11) is 2.73. The van der Waals surface area contributed by atoms with Crippen LogP contribution in [0, 0.1) is 0 Å². The highest BCUT2D eigenvalue weighted by Crippen LogP contribution is 1.89. The molecular weight excluding hydrogens is 152 g/mol. The summed E-state index contributed by atoms with van der Waals surface area (Å²) in [6, 6.07) is 0. The highest BCUT2D eigenvalue weighted by atomic mass is 16.5. The zero-order valence-electron chi connectivity index (χ0n) is 9.29. The summed E-state index contributed by atoms with van der Waals surface area (Å²) < 4.78 is 4.90. The van der Waals surface area contributed by atoms with Crippen molar-refractivity contribution in [2.45, 2.75) is 40.2 Å². The van der Waals surface area contributed by atoms with Gasteiger partial charge in [0.15, 0.2) is 0 Å². The van der Waals surface area contributed by atoms with Crippen LogP contribution in [-0.4, -0.2) is 25.4 Å². The lowest BCUT2D eigenvalue weighted by Crippen LogP contribution is -2.00. The fraction of sp³-hybridized carbons (Fsp3) is 0.800. The van der Waals surface area contributed by atoms with Crippen LogP contribution in [0.3, 0.4) is 0 Å². The smallest absolute Gasteiger partial charge is 0.0540 e. The van der Waals surface area contributed by atoms with Crippen molar-refractivity contribution in [1.82, 2.24) is 0 Å². The van der Waals surface area contributed by atoms with Gasteiger partial charge >= 0.3 is 0 Å². The summed E-state index contributed by atoms with van der Waals surface area (Å²) >= 11 is 0. The lowest BCUT2D eigenvalue weighted by Gasteiger charge is -2.01. The Kier molecular flexibility index (Phi) is 33.0. The minimum atomic E-state index is 0.435. The minimum Gasteiger partial charge on any atom is -0.400 e. The van der Waals surface area contributed by atoms with Gasteiger partial charge in [0.05, 0.1) is 6.10 Å². The summed E-state index contributed by atoms with van der Waals surface area (Å²) in [6.07, 6.45) is 5.54. The van der Waals surface area contributed by atoms with E-state index in [-0.39, 0.29) is 0 Å². The third kappa shape index (κ3) is 33.4. The Morgan fingerprint density at radius 2 is 1.58 bits per heavy atom. The number of aliphatic hydroxyl groups is 1. The third-order valence-corrected chi connectivity index (χ3v) is 1.31. The largest absolute Gasteiger partial charge is 0.400 e. The molecule has 0 saturated heterocycles. The maximum Gasteiger partial charge on any atom is 0.0540 e. The van der Waals surface area contributed by atoms with E-state index < -0.39 is 0 Å². The van der Waals surface area contributed by atoms with E-state index in [4.69, 9.17) is 9.84 Å². The summed E-state index contributed by atoms with van der Waals surface area (Å²) in [5, 5.41) is 7.00. The van der Waals surface area contributed by atoms with Crippen LogP contribution in [0.5, 0.6) is 0 Å². The Balaban J connectivity index is -0.000000118. The molecule has 0 aromatic carbocycles. The second-order valence-electron chi connectivity index (χ2n) is 2.12. The SMILES string of the molecule is CC=CC.CCC(C)OC.CO. The van der Waals surface area contributed by atoms with Crippen molar-refractivity contribution in [2.24, 2.45) is 0 Å². The minimum absolute atomic E-state index is 0.435. The number of ether oxygens (including phenoxy) is 1. The molecule has 1 N–H and O–H groups in total. The first-order valence-corrected chi connectivity index (χ1v) is 4.27. The Hall–Kier alpha value is -0.340. The molecule has 0 aromatic heterocycles. The van der Waals surface area contributed by atoms with Crippen LogP contribution in [0.15, 0.2) is 12.2 Å². The van der Waals surface area contributed by atoms with Crippen LogP contribution in [0.4, 0.5) is 0 Å². The number of methoxy groups -OCH3 is 1. The average molecular weight is 176 g/mol. The van der Waals surface area contributed by atoms with Crippen molar-refractivity contribution in [2.75, 3.05) is 14.2 Å². The molecule has 0 fully saturated rings. The summed E-state index contributed by atoms with van der Waals surface area (Å²) in [5.74, 6) is 0. The molecule has 1 unspecified atom stereocenters. The van der Waals surface area contributed by atoms with Gasteiger partial charge in [-0.2, -0.15) is 0 Å². The van der Waals surface area contributed by atoms with Gasteiger partial charge in [0, 0.05) is 14.2 Å². The zero-order valence-corrected chi connectivity index (χ0v) is 9.29. The topological polar surface area (TPSA) is 29.5 Å². The predicted octanol–water partition coefficient (Wildman–Crippen LogP) is 2.62. The maximum absolute atomic E-state index is 7.00. The van der Waals surface area contributed by atoms with Gasteiger partial charge in [-0.3, -0.25) is 0 Å². The van der Waals surface area contributed by atoms with Crippen LogP contribution in [-0.2, 0) is 4.74 Å². The highest BCUT2D eigenvalue weighted by molar-refractivity contribution is 4.68. The molecule has 0 aliphatic heterocycles. The van der Waals surface area contributed by atoms with Gasteiger partial charge in [-0.15, -0.1) is 0 Å². The van der Waals surface area contributed by atoms with E-state index in [1.54, 1.807) is 7.11 Å². The molecule has 0 radical (unpaired) electrons. The van der Waals surface area contributed by atoms with E-state index in [0.29, 0.717) is 6.10 Å². The quantitative estimate of drug-likeness (QED) is 0.655. The first kappa shape index (κ1) is 17.7. The van der Waals surface area contributed by atoms with Gasteiger partial charge in [0.1, 0.15) is 0 Å². The Labute approximate surface area is 77.3 Å². The first-order valence-electron chi connectivity index (χ1n) is 4.27. The van der Waals surface area contributed by atoms with Crippen LogP contribution >= 0.6 is 0 Å².